The molecule has 5 nitrogen and oxygen atoms in total. The number of hydrazone groups is 1. The van der Waals surface area contributed by atoms with Gasteiger partial charge in [-0.2, -0.15) is 10.2 Å². The smallest absolute Gasteiger partial charge is 0.281 e. The van der Waals surface area contributed by atoms with Crippen molar-refractivity contribution in [3.8, 4) is 0 Å². The summed E-state index contributed by atoms with van der Waals surface area (Å²) >= 11 is 0. The minimum absolute atomic E-state index is 0.0746. The Morgan fingerprint density at radius 3 is 2.48 bits per heavy atom. The van der Waals surface area contributed by atoms with Gasteiger partial charge in [0, 0.05) is 11.1 Å². The Bertz CT molecular complexity index is 650. The molecule has 1 amide bonds. The van der Waals surface area contributed by atoms with Crippen molar-refractivity contribution in [2.75, 3.05) is 0 Å². The first-order valence-electron chi connectivity index (χ1n) is 6.84. The van der Waals surface area contributed by atoms with E-state index in [4.69, 9.17) is 0 Å². The van der Waals surface area contributed by atoms with E-state index in [1.807, 2.05) is 37.3 Å². The van der Waals surface area contributed by atoms with Crippen molar-refractivity contribution in [1.82, 2.24) is 15.6 Å². The van der Waals surface area contributed by atoms with Gasteiger partial charge in [-0.3, -0.25) is 9.89 Å². The van der Waals surface area contributed by atoms with Crippen LogP contribution in [0.3, 0.4) is 0 Å². The number of aromatic nitrogens is 2. The van der Waals surface area contributed by atoms with Crippen LogP contribution in [0.25, 0.3) is 0 Å². The molecule has 2 aromatic rings. The number of nitrogens with one attached hydrogen (secondary N) is 2. The SMILES string of the molecule is C/C(=N\NC(=O)c1cc(C(C)(C)C)[nH]n1)c1ccccc1. The van der Waals surface area contributed by atoms with Gasteiger partial charge in [-0.15, -0.1) is 0 Å². The maximum absolute atomic E-state index is 12.0. The fraction of sp³-hybridized carbons (Fsp3) is 0.312. The van der Waals surface area contributed by atoms with Gasteiger partial charge in [0.1, 0.15) is 0 Å². The Balaban J connectivity index is 2.07. The van der Waals surface area contributed by atoms with E-state index in [-0.39, 0.29) is 11.3 Å². The predicted octanol–water partition coefficient (Wildman–Crippen LogP) is 2.86. The summed E-state index contributed by atoms with van der Waals surface area (Å²) in [7, 11) is 0. The molecule has 0 aliphatic heterocycles. The maximum atomic E-state index is 12.0. The highest BCUT2D eigenvalue weighted by atomic mass is 16.2. The predicted molar refractivity (Wildman–Crippen MR) is 83.4 cm³/mol. The number of nitrogens with zero attached hydrogens (tertiary/aromatic N) is 2. The van der Waals surface area contributed by atoms with Crippen molar-refractivity contribution in [2.24, 2.45) is 5.10 Å². The van der Waals surface area contributed by atoms with Crippen molar-refractivity contribution in [3.63, 3.8) is 0 Å². The number of hydrogen-bond donors (Lipinski definition) is 2. The van der Waals surface area contributed by atoms with Gasteiger partial charge in [0.15, 0.2) is 5.69 Å². The highest BCUT2D eigenvalue weighted by Crippen LogP contribution is 2.20. The quantitative estimate of drug-likeness (QED) is 0.672. The van der Waals surface area contributed by atoms with E-state index in [0.29, 0.717) is 5.69 Å². The molecular weight excluding hydrogens is 264 g/mol. The summed E-state index contributed by atoms with van der Waals surface area (Å²) in [6, 6.07) is 11.4. The van der Waals surface area contributed by atoms with Crippen LogP contribution in [0.15, 0.2) is 41.5 Å². The Kier molecular flexibility index (Phi) is 4.21. The van der Waals surface area contributed by atoms with Crippen molar-refractivity contribution in [2.45, 2.75) is 33.1 Å². The first-order valence-corrected chi connectivity index (χ1v) is 6.84. The summed E-state index contributed by atoms with van der Waals surface area (Å²) in [5.41, 5.74) is 5.42. The van der Waals surface area contributed by atoms with Crippen LogP contribution in [0.2, 0.25) is 0 Å². The average Bonchev–Trinajstić information content (AvgIpc) is 2.95. The third-order valence-corrected chi connectivity index (χ3v) is 3.14. The Labute approximate surface area is 124 Å². The fourth-order valence-electron chi connectivity index (χ4n) is 1.76. The molecule has 110 valence electrons. The van der Waals surface area contributed by atoms with Crippen LogP contribution < -0.4 is 5.43 Å². The lowest BCUT2D eigenvalue weighted by atomic mass is 9.92. The summed E-state index contributed by atoms with van der Waals surface area (Å²) in [6.07, 6.45) is 0. The number of carbonyl (C=O) groups is 1. The lowest BCUT2D eigenvalue weighted by Gasteiger charge is -2.14. The fourth-order valence-corrected chi connectivity index (χ4v) is 1.76. The Morgan fingerprint density at radius 1 is 1.24 bits per heavy atom. The van der Waals surface area contributed by atoms with Crippen LogP contribution >= 0.6 is 0 Å². The van der Waals surface area contributed by atoms with Crippen LogP contribution in [-0.2, 0) is 5.41 Å². The molecule has 21 heavy (non-hydrogen) atoms. The van der Waals surface area contributed by atoms with Crippen LogP contribution in [0, 0.1) is 0 Å². The molecule has 1 aromatic carbocycles. The molecule has 5 heteroatoms. The molecule has 0 atom stereocenters. The number of rotatable bonds is 3. The standard InChI is InChI=1S/C16H20N4O/c1-11(12-8-6-5-7-9-12)17-20-15(21)13-10-14(19-18-13)16(2,3)4/h5-10H,1-4H3,(H,18,19)(H,20,21)/b17-11+. The molecule has 0 fully saturated rings. The molecule has 0 aliphatic carbocycles. The molecule has 0 spiro atoms. The normalized spacial score (nSPS) is 12.3. The van der Waals surface area contributed by atoms with Crippen LogP contribution in [0.1, 0.15) is 49.4 Å². The maximum Gasteiger partial charge on any atom is 0.291 e. The second-order valence-corrected chi connectivity index (χ2v) is 5.92. The van der Waals surface area contributed by atoms with Gasteiger partial charge < -0.3 is 0 Å². The Morgan fingerprint density at radius 2 is 1.90 bits per heavy atom. The van der Waals surface area contributed by atoms with Crippen molar-refractivity contribution < 1.29 is 4.79 Å². The summed E-state index contributed by atoms with van der Waals surface area (Å²) in [5, 5.41) is 11.0. The van der Waals surface area contributed by atoms with E-state index in [0.717, 1.165) is 17.0 Å². The molecule has 2 rings (SSSR count). The largest absolute Gasteiger partial charge is 0.291 e. The topological polar surface area (TPSA) is 70.1 Å². The molecule has 0 saturated heterocycles. The van der Waals surface area contributed by atoms with Gasteiger partial charge in [0.25, 0.3) is 5.91 Å². The third kappa shape index (κ3) is 3.78. The number of benzene rings is 1. The molecule has 2 N–H and O–H groups in total. The molecule has 1 heterocycles. The van der Waals surface area contributed by atoms with Gasteiger partial charge in [-0.05, 0) is 18.6 Å². The van der Waals surface area contributed by atoms with E-state index in [1.54, 1.807) is 6.07 Å². The number of amides is 1. The highest BCUT2D eigenvalue weighted by molar-refractivity contribution is 6.00. The third-order valence-electron chi connectivity index (χ3n) is 3.14. The van der Waals surface area contributed by atoms with E-state index in [2.05, 4.69) is 41.5 Å². The zero-order valence-corrected chi connectivity index (χ0v) is 12.8. The number of hydrogen-bond acceptors (Lipinski definition) is 3. The van der Waals surface area contributed by atoms with E-state index in [9.17, 15) is 4.79 Å². The molecule has 1 aromatic heterocycles. The first-order chi connectivity index (χ1) is 9.88. The zero-order valence-electron chi connectivity index (χ0n) is 12.8. The first kappa shape index (κ1) is 15.0. The molecule has 0 aliphatic rings. The van der Waals surface area contributed by atoms with Gasteiger partial charge in [-0.25, -0.2) is 5.43 Å². The second-order valence-electron chi connectivity index (χ2n) is 5.92. The Hall–Kier alpha value is -2.43. The van der Waals surface area contributed by atoms with Crippen molar-refractivity contribution in [3.05, 3.63) is 53.3 Å². The molecule has 0 unspecified atom stereocenters. The molecule has 0 bridgehead atoms. The second kappa shape index (κ2) is 5.91. The van der Waals surface area contributed by atoms with Gasteiger partial charge in [-0.1, -0.05) is 51.1 Å². The number of aromatic amines is 1. The summed E-state index contributed by atoms with van der Waals surface area (Å²) < 4.78 is 0. The van der Waals surface area contributed by atoms with E-state index >= 15 is 0 Å². The van der Waals surface area contributed by atoms with E-state index < -0.39 is 0 Å². The summed E-state index contributed by atoms with van der Waals surface area (Å²) in [5.74, 6) is -0.322. The van der Waals surface area contributed by atoms with E-state index in [1.165, 1.54) is 0 Å². The van der Waals surface area contributed by atoms with Gasteiger partial charge >= 0.3 is 0 Å². The number of carbonyl (C=O) groups excluding carboxylic acids is 1. The summed E-state index contributed by atoms with van der Waals surface area (Å²) in [6.45, 7) is 8.01. The monoisotopic (exact) mass is 284 g/mol. The lowest BCUT2D eigenvalue weighted by Crippen LogP contribution is -2.19. The minimum Gasteiger partial charge on any atom is -0.281 e. The van der Waals surface area contributed by atoms with Crippen molar-refractivity contribution >= 4 is 11.6 Å². The van der Waals surface area contributed by atoms with Crippen molar-refractivity contribution in [1.29, 1.82) is 0 Å². The van der Waals surface area contributed by atoms with Crippen LogP contribution in [0.4, 0.5) is 0 Å². The summed E-state index contributed by atoms with van der Waals surface area (Å²) in [4.78, 5) is 12.0. The molecular formula is C16H20N4O. The zero-order chi connectivity index (χ0) is 15.5. The molecule has 0 radical (unpaired) electrons. The van der Waals surface area contributed by atoms with Gasteiger partial charge in [0.2, 0.25) is 0 Å². The van der Waals surface area contributed by atoms with Crippen LogP contribution in [0.5, 0.6) is 0 Å². The average molecular weight is 284 g/mol. The van der Waals surface area contributed by atoms with Gasteiger partial charge in [0.05, 0.1) is 5.71 Å². The highest BCUT2D eigenvalue weighted by Gasteiger charge is 2.19. The lowest BCUT2D eigenvalue weighted by molar-refractivity contribution is 0.0950. The minimum atomic E-state index is -0.322. The number of H-pyrrole nitrogens is 1. The molecule has 0 saturated carbocycles. The van der Waals surface area contributed by atoms with Crippen LogP contribution in [-0.4, -0.2) is 21.8 Å².